The van der Waals surface area contributed by atoms with Gasteiger partial charge in [-0.1, -0.05) is 30.3 Å². The highest BCUT2D eigenvalue weighted by molar-refractivity contribution is 5.84. The summed E-state index contributed by atoms with van der Waals surface area (Å²) in [6, 6.07) is 18.5. The number of nitrogens with zero attached hydrogens (tertiary/aromatic N) is 4. The van der Waals surface area contributed by atoms with Gasteiger partial charge in [-0.15, -0.1) is 0 Å². The number of ether oxygens (including phenoxy) is 1. The van der Waals surface area contributed by atoms with E-state index >= 15 is 0 Å². The third kappa shape index (κ3) is 2.98. The summed E-state index contributed by atoms with van der Waals surface area (Å²) >= 11 is 0. The van der Waals surface area contributed by atoms with E-state index in [1.54, 1.807) is 10.8 Å². The van der Waals surface area contributed by atoms with E-state index in [0.29, 0.717) is 30.3 Å². The van der Waals surface area contributed by atoms with Crippen molar-refractivity contribution in [3.8, 4) is 11.6 Å². The number of fused-ring (bicyclic) bond motifs is 6. The summed E-state index contributed by atoms with van der Waals surface area (Å²) in [6.45, 7) is 0.431. The Bertz CT molecular complexity index is 1370. The summed E-state index contributed by atoms with van der Waals surface area (Å²) in [5.74, 6) is 1.19. The molecule has 32 heavy (non-hydrogen) atoms. The van der Waals surface area contributed by atoms with E-state index < -0.39 is 0 Å². The molecule has 1 fully saturated rings. The zero-order valence-electron chi connectivity index (χ0n) is 18.4. The van der Waals surface area contributed by atoms with Crippen LogP contribution in [0, 0.1) is 0 Å². The average molecular weight is 427 g/mol. The van der Waals surface area contributed by atoms with Crippen LogP contribution in [0.4, 0.5) is 0 Å². The van der Waals surface area contributed by atoms with Gasteiger partial charge in [0.05, 0.1) is 0 Å². The Morgan fingerprint density at radius 3 is 2.72 bits per heavy atom. The van der Waals surface area contributed by atoms with E-state index in [9.17, 15) is 4.79 Å². The van der Waals surface area contributed by atoms with Crippen molar-refractivity contribution < 1.29 is 4.74 Å². The van der Waals surface area contributed by atoms with Crippen LogP contribution in [0.15, 0.2) is 65.6 Å². The van der Waals surface area contributed by atoms with Crippen LogP contribution in [0.2, 0.25) is 0 Å². The smallest absolute Gasteiger partial charge is 0.259 e. The summed E-state index contributed by atoms with van der Waals surface area (Å²) in [5, 5.41) is 1.21. The van der Waals surface area contributed by atoms with Gasteiger partial charge in [0.25, 0.3) is 5.56 Å². The van der Waals surface area contributed by atoms with E-state index in [-0.39, 0.29) is 5.56 Å². The molecule has 2 aliphatic rings. The highest BCUT2D eigenvalue weighted by Gasteiger charge is 2.40. The minimum absolute atomic E-state index is 0.153. The fraction of sp³-hybridized carbons (Fsp3) is 0.308. The van der Waals surface area contributed by atoms with Gasteiger partial charge in [-0.05, 0) is 49.2 Å². The molecule has 0 aliphatic carbocycles. The predicted octanol–water partition coefficient (Wildman–Crippen LogP) is 3.99. The van der Waals surface area contributed by atoms with Gasteiger partial charge in [-0.2, -0.15) is 0 Å². The molecule has 3 aromatic heterocycles. The number of likely N-dealkylation sites (N-methyl/N-ethyl adjacent to an activating group) is 1. The first-order valence-corrected chi connectivity index (χ1v) is 11.2. The van der Waals surface area contributed by atoms with Crippen LogP contribution in [0.5, 0.6) is 5.75 Å². The monoisotopic (exact) mass is 426 g/mol. The van der Waals surface area contributed by atoms with E-state index in [4.69, 9.17) is 9.72 Å². The lowest BCUT2D eigenvalue weighted by Gasteiger charge is -2.32. The van der Waals surface area contributed by atoms with Crippen molar-refractivity contribution in [1.29, 1.82) is 0 Å². The largest absolute Gasteiger partial charge is 0.489 e. The highest BCUT2D eigenvalue weighted by atomic mass is 16.5. The van der Waals surface area contributed by atoms with Gasteiger partial charge >= 0.3 is 0 Å². The van der Waals surface area contributed by atoms with Crippen molar-refractivity contribution in [1.82, 2.24) is 19.0 Å². The second-order valence-electron chi connectivity index (χ2n) is 8.92. The predicted molar refractivity (Wildman–Crippen MR) is 124 cm³/mol. The van der Waals surface area contributed by atoms with Crippen LogP contribution in [0.1, 0.15) is 35.7 Å². The minimum Gasteiger partial charge on any atom is -0.489 e. The van der Waals surface area contributed by atoms with E-state index in [2.05, 4.69) is 29.6 Å². The number of benzene rings is 1. The Balaban J connectivity index is 1.33. The molecule has 2 unspecified atom stereocenters. The molecular formula is C26H26N4O2. The standard InChI is InChI=1S/C26H26N4O2/c1-28-18-8-10-21(28)25-20-9-11-23(27-26(20)29(2)22(25)14-18)30-13-12-19(15-24(30)31)32-16-17-6-4-3-5-7-17/h3-7,9,11-13,15,18,21H,8,10,14,16H2,1-2H3. The molecule has 0 amide bonds. The molecule has 6 heteroatoms. The molecule has 1 saturated heterocycles. The highest BCUT2D eigenvalue weighted by Crippen LogP contribution is 2.46. The molecule has 6 rings (SSSR count). The van der Waals surface area contributed by atoms with Crippen molar-refractivity contribution in [2.45, 2.75) is 38.0 Å². The van der Waals surface area contributed by atoms with Gasteiger partial charge in [0.2, 0.25) is 0 Å². The molecular weight excluding hydrogens is 400 g/mol. The first kappa shape index (κ1) is 19.3. The normalized spacial score (nSPS) is 19.9. The van der Waals surface area contributed by atoms with Crippen LogP contribution in [-0.4, -0.2) is 32.1 Å². The van der Waals surface area contributed by atoms with Crippen molar-refractivity contribution >= 4 is 11.0 Å². The number of rotatable bonds is 4. The topological polar surface area (TPSA) is 52.3 Å². The Labute approximate surface area is 186 Å². The van der Waals surface area contributed by atoms with Crippen LogP contribution in [0.3, 0.4) is 0 Å². The van der Waals surface area contributed by atoms with E-state index in [1.807, 2.05) is 42.5 Å². The molecule has 6 nitrogen and oxygen atoms in total. The zero-order valence-corrected chi connectivity index (χ0v) is 18.4. The fourth-order valence-corrected chi connectivity index (χ4v) is 5.43. The van der Waals surface area contributed by atoms with Gasteiger partial charge in [0.15, 0.2) is 0 Å². The lowest BCUT2D eigenvalue weighted by Crippen LogP contribution is -2.34. The molecule has 0 spiro atoms. The fourth-order valence-electron chi connectivity index (χ4n) is 5.43. The first-order chi connectivity index (χ1) is 15.6. The van der Waals surface area contributed by atoms with Crippen LogP contribution < -0.4 is 10.3 Å². The van der Waals surface area contributed by atoms with Gasteiger partial charge in [-0.25, -0.2) is 4.98 Å². The Kier molecular flexibility index (Phi) is 4.43. The van der Waals surface area contributed by atoms with Gasteiger partial charge in [0, 0.05) is 48.9 Å². The summed E-state index contributed by atoms with van der Waals surface area (Å²) in [7, 11) is 4.35. The van der Waals surface area contributed by atoms with Crippen LogP contribution in [-0.2, 0) is 20.1 Å². The molecule has 2 bridgehead atoms. The third-order valence-electron chi connectivity index (χ3n) is 7.17. The molecule has 4 aromatic rings. The molecule has 0 radical (unpaired) electrons. The number of hydrogen-bond donors (Lipinski definition) is 0. The van der Waals surface area contributed by atoms with Crippen molar-refractivity contribution in [3.05, 3.63) is 88.0 Å². The summed E-state index contributed by atoms with van der Waals surface area (Å²) < 4.78 is 9.62. The first-order valence-electron chi connectivity index (χ1n) is 11.2. The second kappa shape index (κ2) is 7.35. The maximum absolute atomic E-state index is 12.8. The zero-order chi connectivity index (χ0) is 21.8. The SMILES string of the molecule is CN1C2CCC1c1c(n(C)c3nc(-n4ccc(OCc5ccccc5)cc4=O)ccc13)C2. The lowest BCUT2D eigenvalue weighted by molar-refractivity contribution is 0.222. The minimum atomic E-state index is -0.153. The number of aryl methyl sites for hydroxylation is 1. The molecule has 0 N–H and O–H groups in total. The number of pyridine rings is 2. The van der Waals surface area contributed by atoms with Crippen molar-refractivity contribution in [3.63, 3.8) is 0 Å². The van der Waals surface area contributed by atoms with Crippen molar-refractivity contribution in [2.75, 3.05) is 7.05 Å². The van der Waals surface area contributed by atoms with Crippen molar-refractivity contribution in [2.24, 2.45) is 7.05 Å². The average Bonchev–Trinajstić information content (AvgIpc) is 3.21. The molecule has 0 saturated carbocycles. The second-order valence-corrected chi connectivity index (χ2v) is 8.92. The van der Waals surface area contributed by atoms with Crippen LogP contribution >= 0.6 is 0 Å². The molecule has 162 valence electrons. The summed E-state index contributed by atoms with van der Waals surface area (Å²) in [5.41, 5.74) is 4.68. The molecule has 5 heterocycles. The maximum atomic E-state index is 12.8. The number of hydrogen-bond acceptors (Lipinski definition) is 4. The quantitative estimate of drug-likeness (QED) is 0.495. The van der Waals surface area contributed by atoms with Crippen LogP contribution in [0.25, 0.3) is 16.9 Å². The Hall–Kier alpha value is -3.38. The van der Waals surface area contributed by atoms with Gasteiger partial charge < -0.3 is 9.30 Å². The van der Waals surface area contributed by atoms with E-state index in [0.717, 1.165) is 17.6 Å². The Morgan fingerprint density at radius 2 is 1.91 bits per heavy atom. The number of aromatic nitrogens is 3. The maximum Gasteiger partial charge on any atom is 0.259 e. The van der Waals surface area contributed by atoms with E-state index in [1.165, 1.54) is 35.6 Å². The van der Waals surface area contributed by atoms with Gasteiger partial charge in [-0.3, -0.25) is 14.3 Å². The Morgan fingerprint density at radius 1 is 1.06 bits per heavy atom. The van der Waals surface area contributed by atoms with Gasteiger partial charge in [0.1, 0.15) is 23.8 Å². The molecule has 2 atom stereocenters. The summed E-state index contributed by atoms with van der Waals surface area (Å²) in [4.78, 5) is 20.3. The summed E-state index contributed by atoms with van der Waals surface area (Å²) in [6.07, 6.45) is 5.28. The third-order valence-corrected chi connectivity index (χ3v) is 7.17. The lowest BCUT2D eigenvalue weighted by atomic mass is 9.98. The molecule has 1 aromatic carbocycles. The molecule has 2 aliphatic heterocycles.